The molecule has 1 amide bonds. The Morgan fingerprint density at radius 1 is 1.04 bits per heavy atom. The number of nitrogens with one attached hydrogen (secondary N) is 1. The molecule has 0 aliphatic heterocycles. The highest BCUT2D eigenvalue weighted by Crippen LogP contribution is 2.29. The molecule has 0 saturated heterocycles. The number of benzene rings is 2. The number of hydrogen-bond donors (Lipinski definition) is 1. The summed E-state index contributed by atoms with van der Waals surface area (Å²) in [5.74, 6) is 0.170. The van der Waals surface area contributed by atoms with Crippen molar-refractivity contribution in [2.75, 3.05) is 0 Å². The van der Waals surface area contributed by atoms with Gasteiger partial charge >= 0.3 is 0 Å². The lowest BCUT2D eigenvalue weighted by Crippen LogP contribution is -2.17. The number of hydrazone groups is 1. The van der Waals surface area contributed by atoms with Crippen molar-refractivity contribution in [1.82, 2.24) is 5.43 Å². The molecule has 0 atom stereocenters. The highest BCUT2D eigenvalue weighted by atomic mass is 35.5. The fourth-order valence-corrected chi connectivity index (χ4v) is 2.35. The minimum Gasteiger partial charge on any atom is -0.455 e. The molecule has 0 fully saturated rings. The van der Waals surface area contributed by atoms with Gasteiger partial charge in [0.1, 0.15) is 17.3 Å². The predicted octanol–water partition coefficient (Wildman–Crippen LogP) is 5.16. The second kappa shape index (κ2) is 7.51. The molecule has 3 aromatic rings. The van der Waals surface area contributed by atoms with Gasteiger partial charge in [-0.25, -0.2) is 9.82 Å². The lowest BCUT2D eigenvalue weighted by Gasteiger charge is -2.00. The monoisotopic (exact) mass is 376 g/mol. The molecule has 1 N–H and O–H groups in total. The number of hydrogen-bond acceptors (Lipinski definition) is 3. The van der Waals surface area contributed by atoms with E-state index in [1.54, 1.807) is 30.3 Å². The van der Waals surface area contributed by atoms with E-state index < -0.39 is 11.7 Å². The molecule has 0 aliphatic rings. The molecule has 0 spiro atoms. The van der Waals surface area contributed by atoms with Crippen molar-refractivity contribution in [3.63, 3.8) is 0 Å². The third kappa shape index (κ3) is 4.26. The summed E-state index contributed by atoms with van der Waals surface area (Å²) in [4.78, 5) is 11.8. The maximum absolute atomic E-state index is 12.8. The van der Waals surface area contributed by atoms with Crippen LogP contribution in [0.25, 0.3) is 11.3 Å². The molecule has 0 radical (unpaired) electrons. The molecule has 3 rings (SSSR count). The zero-order valence-electron chi connectivity index (χ0n) is 12.7. The van der Waals surface area contributed by atoms with Crippen molar-refractivity contribution in [2.45, 2.75) is 0 Å². The number of furan rings is 1. The maximum atomic E-state index is 12.8. The summed E-state index contributed by atoms with van der Waals surface area (Å²) in [6.07, 6.45) is 1.36. The number of rotatable bonds is 4. The second-order valence-corrected chi connectivity index (χ2v) is 5.85. The van der Waals surface area contributed by atoms with Gasteiger partial charge in [-0.3, -0.25) is 4.79 Å². The third-order valence-electron chi connectivity index (χ3n) is 3.30. The van der Waals surface area contributed by atoms with Gasteiger partial charge in [0, 0.05) is 11.1 Å². The first kappa shape index (κ1) is 17.2. The molecule has 126 valence electrons. The Balaban J connectivity index is 1.66. The first-order valence-corrected chi connectivity index (χ1v) is 7.93. The van der Waals surface area contributed by atoms with E-state index in [0.29, 0.717) is 27.1 Å². The minimum atomic E-state index is -0.451. The lowest BCUT2D eigenvalue weighted by molar-refractivity contribution is 0.0955. The smallest absolute Gasteiger partial charge is 0.271 e. The van der Waals surface area contributed by atoms with Crippen molar-refractivity contribution < 1.29 is 13.6 Å². The Bertz CT molecular complexity index is 937. The molecular weight excluding hydrogens is 366 g/mol. The summed E-state index contributed by atoms with van der Waals surface area (Å²) in [5.41, 5.74) is 3.41. The first-order chi connectivity index (χ1) is 12.0. The summed E-state index contributed by atoms with van der Waals surface area (Å²) in [5, 5.41) is 4.71. The SMILES string of the molecule is O=C(N/N=C\c1ccc(-c2ccc(Cl)c(Cl)c2)o1)c1ccc(F)cc1. The summed E-state index contributed by atoms with van der Waals surface area (Å²) < 4.78 is 18.4. The zero-order valence-corrected chi connectivity index (χ0v) is 14.2. The fourth-order valence-electron chi connectivity index (χ4n) is 2.05. The Kier molecular flexibility index (Phi) is 5.16. The Morgan fingerprint density at radius 3 is 2.52 bits per heavy atom. The van der Waals surface area contributed by atoms with Crippen LogP contribution in [0.15, 0.2) is 64.1 Å². The number of nitrogens with zero attached hydrogens (tertiary/aromatic N) is 1. The van der Waals surface area contributed by atoms with Crippen molar-refractivity contribution in [3.8, 4) is 11.3 Å². The Labute approximate surface area is 152 Å². The van der Waals surface area contributed by atoms with Crippen LogP contribution in [0.4, 0.5) is 4.39 Å². The molecule has 0 aliphatic carbocycles. The van der Waals surface area contributed by atoms with Crippen molar-refractivity contribution in [1.29, 1.82) is 0 Å². The summed E-state index contributed by atoms with van der Waals surface area (Å²) in [6.45, 7) is 0. The van der Waals surface area contributed by atoms with Crippen LogP contribution in [0.2, 0.25) is 10.0 Å². The van der Waals surface area contributed by atoms with Crippen LogP contribution in [0.5, 0.6) is 0 Å². The van der Waals surface area contributed by atoms with Gasteiger partial charge in [-0.1, -0.05) is 23.2 Å². The van der Waals surface area contributed by atoms with E-state index in [0.717, 1.165) is 5.56 Å². The van der Waals surface area contributed by atoms with Crippen LogP contribution >= 0.6 is 23.2 Å². The van der Waals surface area contributed by atoms with Gasteiger partial charge in [0.2, 0.25) is 0 Å². The largest absolute Gasteiger partial charge is 0.455 e. The molecule has 2 aromatic carbocycles. The van der Waals surface area contributed by atoms with Crippen LogP contribution in [-0.4, -0.2) is 12.1 Å². The zero-order chi connectivity index (χ0) is 17.8. The van der Waals surface area contributed by atoms with Crippen molar-refractivity contribution in [3.05, 3.63) is 81.8 Å². The van der Waals surface area contributed by atoms with E-state index in [2.05, 4.69) is 10.5 Å². The molecule has 0 bridgehead atoms. The van der Waals surface area contributed by atoms with Gasteiger partial charge in [-0.2, -0.15) is 5.10 Å². The van der Waals surface area contributed by atoms with Gasteiger partial charge in [0.25, 0.3) is 5.91 Å². The molecular formula is C18H11Cl2FN2O2. The number of carbonyl (C=O) groups is 1. The molecule has 7 heteroatoms. The average molecular weight is 377 g/mol. The molecule has 4 nitrogen and oxygen atoms in total. The predicted molar refractivity (Wildman–Crippen MR) is 95.6 cm³/mol. The quantitative estimate of drug-likeness (QED) is 0.505. The average Bonchev–Trinajstić information content (AvgIpc) is 3.07. The highest BCUT2D eigenvalue weighted by Gasteiger charge is 2.07. The number of carbonyl (C=O) groups excluding carboxylic acids is 1. The van der Waals surface area contributed by atoms with Gasteiger partial charge in [-0.05, 0) is 54.6 Å². The topological polar surface area (TPSA) is 54.6 Å². The van der Waals surface area contributed by atoms with Crippen LogP contribution in [0.1, 0.15) is 16.1 Å². The second-order valence-electron chi connectivity index (χ2n) is 5.04. The van der Waals surface area contributed by atoms with E-state index in [4.69, 9.17) is 27.6 Å². The molecule has 25 heavy (non-hydrogen) atoms. The van der Waals surface area contributed by atoms with Gasteiger partial charge in [0.05, 0.1) is 16.3 Å². The Hall–Kier alpha value is -2.63. The van der Waals surface area contributed by atoms with E-state index in [1.807, 2.05) is 0 Å². The van der Waals surface area contributed by atoms with Crippen LogP contribution in [0.3, 0.4) is 0 Å². The van der Waals surface area contributed by atoms with Crippen LogP contribution < -0.4 is 5.43 Å². The first-order valence-electron chi connectivity index (χ1n) is 7.17. The number of amides is 1. The van der Waals surface area contributed by atoms with E-state index in [-0.39, 0.29) is 0 Å². The molecule has 0 unspecified atom stereocenters. The van der Waals surface area contributed by atoms with Gasteiger partial charge < -0.3 is 4.42 Å². The lowest BCUT2D eigenvalue weighted by atomic mass is 10.2. The van der Waals surface area contributed by atoms with Crippen LogP contribution in [-0.2, 0) is 0 Å². The highest BCUT2D eigenvalue weighted by molar-refractivity contribution is 6.42. The summed E-state index contributed by atoms with van der Waals surface area (Å²) >= 11 is 11.9. The normalized spacial score (nSPS) is 11.0. The van der Waals surface area contributed by atoms with Crippen LogP contribution in [0, 0.1) is 5.82 Å². The maximum Gasteiger partial charge on any atom is 0.271 e. The fraction of sp³-hybridized carbons (Fsp3) is 0. The van der Waals surface area contributed by atoms with Crippen molar-refractivity contribution >= 4 is 35.3 Å². The summed E-state index contributed by atoms with van der Waals surface area (Å²) in [6, 6.07) is 13.8. The summed E-state index contributed by atoms with van der Waals surface area (Å²) in [7, 11) is 0. The van der Waals surface area contributed by atoms with E-state index in [1.165, 1.54) is 30.5 Å². The minimum absolute atomic E-state index is 0.300. The van der Waals surface area contributed by atoms with Gasteiger partial charge in [0.15, 0.2) is 0 Å². The third-order valence-corrected chi connectivity index (χ3v) is 4.03. The number of halogens is 3. The molecule has 0 saturated carbocycles. The standard InChI is InChI=1S/C18H11Cl2FN2O2/c19-15-7-3-12(9-16(15)20)17-8-6-14(25-17)10-22-23-18(24)11-1-4-13(21)5-2-11/h1-10H,(H,23,24)/b22-10-. The van der Waals surface area contributed by atoms with E-state index >= 15 is 0 Å². The van der Waals surface area contributed by atoms with Crippen molar-refractivity contribution in [2.24, 2.45) is 5.10 Å². The molecule has 1 heterocycles. The van der Waals surface area contributed by atoms with Gasteiger partial charge in [-0.15, -0.1) is 0 Å². The van der Waals surface area contributed by atoms with E-state index in [9.17, 15) is 9.18 Å². The molecule has 1 aromatic heterocycles. The Morgan fingerprint density at radius 2 is 1.80 bits per heavy atom.